The second kappa shape index (κ2) is 6.42. The zero-order valence-corrected chi connectivity index (χ0v) is 16.0. The largest absolute Gasteiger partial charge is 0.359 e. The van der Waals surface area contributed by atoms with Gasteiger partial charge in [-0.1, -0.05) is 36.9 Å². The van der Waals surface area contributed by atoms with Crippen molar-refractivity contribution in [3.63, 3.8) is 0 Å². The third kappa shape index (κ3) is 2.72. The maximum atomic E-state index is 12.8. The van der Waals surface area contributed by atoms with E-state index >= 15 is 0 Å². The highest BCUT2D eigenvalue weighted by Gasteiger charge is 2.42. The Morgan fingerprint density at radius 1 is 1.33 bits per heavy atom. The average Bonchev–Trinajstić information content (AvgIpc) is 3.00. The summed E-state index contributed by atoms with van der Waals surface area (Å²) < 4.78 is 1.06. The van der Waals surface area contributed by atoms with Gasteiger partial charge in [-0.3, -0.25) is 4.79 Å². The molecule has 124 valence electrons. The molecule has 0 unspecified atom stereocenters. The molecule has 2 aliphatic heterocycles. The van der Waals surface area contributed by atoms with Crippen LogP contribution < -0.4 is 10.6 Å². The Balaban J connectivity index is 1.83. The number of nitrogens with zero attached hydrogens (tertiary/aromatic N) is 2. The molecular weight excluding hydrogens is 408 g/mol. The molecule has 0 saturated heterocycles. The molecule has 24 heavy (non-hydrogen) atoms. The lowest BCUT2D eigenvalue weighted by atomic mass is 9.99. The van der Waals surface area contributed by atoms with Crippen LogP contribution in [0, 0.1) is 0 Å². The van der Waals surface area contributed by atoms with Gasteiger partial charge < -0.3 is 10.6 Å². The Kier molecular flexibility index (Phi) is 4.28. The maximum absolute atomic E-state index is 12.8. The van der Waals surface area contributed by atoms with E-state index in [2.05, 4.69) is 32.6 Å². The van der Waals surface area contributed by atoms with Gasteiger partial charge in [0.1, 0.15) is 0 Å². The highest BCUT2D eigenvalue weighted by Crippen LogP contribution is 2.44. The molecule has 1 aromatic heterocycles. The number of nitrogens with one attached hydrogen (secondary N) is 2. The Hall–Kier alpha value is -1.51. The van der Waals surface area contributed by atoms with Crippen molar-refractivity contribution in [2.45, 2.75) is 19.1 Å². The molecule has 2 aliphatic rings. The normalized spacial score (nSPS) is 22.2. The van der Waals surface area contributed by atoms with Gasteiger partial charge in [-0.2, -0.15) is 0 Å². The fourth-order valence-electron chi connectivity index (χ4n) is 2.93. The van der Waals surface area contributed by atoms with Crippen molar-refractivity contribution in [1.29, 1.82) is 0 Å². The Labute approximate surface area is 156 Å². The first-order valence-electron chi connectivity index (χ1n) is 7.58. The molecule has 0 saturated carbocycles. The van der Waals surface area contributed by atoms with E-state index in [1.165, 1.54) is 11.8 Å². The van der Waals surface area contributed by atoms with Gasteiger partial charge in [-0.05, 0) is 39.9 Å². The summed E-state index contributed by atoms with van der Waals surface area (Å²) >= 11 is 6.70. The van der Waals surface area contributed by atoms with Crippen molar-refractivity contribution in [1.82, 2.24) is 10.3 Å². The minimum absolute atomic E-state index is 0.0319. The summed E-state index contributed by atoms with van der Waals surface area (Å²) in [6.45, 7) is 2.04. The number of thiophene rings is 1. The van der Waals surface area contributed by atoms with Crippen LogP contribution in [0.2, 0.25) is 0 Å². The molecule has 2 N–H and O–H groups in total. The second-order valence-electron chi connectivity index (χ2n) is 5.39. The molecule has 0 bridgehead atoms. The van der Waals surface area contributed by atoms with Crippen molar-refractivity contribution in [3.05, 3.63) is 50.6 Å². The van der Waals surface area contributed by atoms with Crippen LogP contribution in [0.4, 0.5) is 5.69 Å². The van der Waals surface area contributed by atoms with E-state index in [0.29, 0.717) is 5.17 Å². The lowest BCUT2D eigenvalue weighted by molar-refractivity contribution is -0.127. The summed E-state index contributed by atoms with van der Waals surface area (Å²) in [6.07, 6.45) is -0.167. The monoisotopic (exact) mass is 422 g/mol. The van der Waals surface area contributed by atoms with E-state index in [1.807, 2.05) is 42.3 Å². The second-order valence-corrected chi connectivity index (χ2v) is 9.13. The van der Waals surface area contributed by atoms with Crippen molar-refractivity contribution in [2.75, 3.05) is 11.1 Å². The van der Waals surface area contributed by atoms with Gasteiger partial charge in [0.25, 0.3) is 5.91 Å². The number of benzene rings is 1. The third-order valence-electron chi connectivity index (χ3n) is 3.91. The van der Waals surface area contributed by atoms with Crippen LogP contribution in [0.15, 0.2) is 45.3 Å². The van der Waals surface area contributed by atoms with E-state index in [-0.39, 0.29) is 12.1 Å². The minimum atomic E-state index is -0.422. The molecule has 2 atom stereocenters. The zero-order valence-electron chi connectivity index (χ0n) is 12.8. The van der Waals surface area contributed by atoms with Gasteiger partial charge in [0, 0.05) is 16.1 Å². The number of fused-ring (bicyclic) bond motifs is 3. The van der Waals surface area contributed by atoms with Crippen LogP contribution in [0.5, 0.6) is 0 Å². The SMILES string of the molecule is CCSC1=NN2[C@@H](c3ccc(Br)s3)Nc3ccccc3[C@@H]2C(=O)N1. The van der Waals surface area contributed by atoms with Crippen LogP contribution in [-0.4, -0.2) is 21.8 Å². The molecule has 4 rings (SSSR count). The number of hydrogen-bond acceptors (Lipinski definition) is 6. The highest BCUT2D eigenvalue weighted by atomic mass is 79.9. The number of para-hydroxylation sites is 1. The number of thioether (sulfide) groups is 1. The van der Waals surface area contributed by atoms with E-state index in [1.54, 1.807) is 11.3 Å². The number of rotatable bonds is 2. The summed E-state index contributed by atoms with van der Waals surface area (Å²) in [5.41, 5.74) is 1.93. The van der Waals surface area contributed by atoms with Crippen molar-refractivity contribution in [3.8, 4) is 0 Å². The Bertz CT molecular complexity index is 822. The van der Waals surface area contributed by atoms with Crippen LogP contribution in [0.1, 0.15) is 29.6 Å². The van der Waals surface area contributed by atoms with Gasteiger partial charge in [-0.25, -0.2) is 5.01 Å². The van der Waals surface area contributed by atoms with E-state index < -0.39 is 6.04 Å². The van der Waals surface area contributed by atoms with Crippen LogP contribution in [-0.2, 0) is 4.79 Å². The predicted octanol–water partition coefficient (Wildman–Crippen LogP) is 4.13. The molecule has 5 nitrogen and oxygen atoms in total. The maximum Gasteiger partial charge on any atom is 0.255 e. The summed E-state index contributed by atoms with van der Waals surface area (Å²) in [4.78, 5) is 13.9. The Morgan fingerprint density at radius 3 is 2.92 bits per heavy atom. The molecule has 3 heterocycles. The quantitative estimate of drug-likeness (QED) is 0.763. The molecular formula is C16H15BrN4OS2. The number of amidine groups is 1. The van der Waals surface area contributed by atoms with Gasteiger partial charge >= 0.3 is 0 Å². The molecule has 1 aromatic carbocycles. The number of halogens is 1. The van der Waals surface area contributed by atoms with Crippen molar-refractivity contribution in [2.24, 2.45) is 5.10 Å². The lowest BCUT2D eigenvalue weighted by Crippen LogP contribution is -2.50. The third-order valence-corrected chi connectivity index (χ3v) is 6.33. The van der Waals surface area contributed by atoms with Gasteiger partial charge in [0.05, 0.1) is 3.79 Å². The first-order valence-corrected chi connectivity index (χ1v) is 10.2. The molecule has 2 aromatic rings. The lowest BCUT2D eigenvalue weighted by Gasteiger charge is -2.43. The van der Waals surface area contributed by atoms with Crippen LogP contribution in [0.3, 0.4) is 0 Å². The van der Waals surface area contributed by atoms with E-state index in [9.17, 15) is 4.79 Å². The first-order chi connectivity index (χ1) is 11.7. The minimum Gasteiger partial charge on any atom is -0.359 e. The van der Waals surface area contributed by atoms with Crippen LogP contribution >= 0.6 is 39.0 Å². The predicted molar refractivity (Wildman–Crippen MR) is 103 cm³/mol. The summed E-state index contributed by atoms with van der Waals surface area (Å²) in [5.74, 6) is 0.826. The molecule has 1 amide bonds. The van der Waals surface area contributed by atoms with E-state index in [0.717, 1.165) is 25.7 Å². The molecule has 0 radical (unpaired) electrons. The summed E-state index contributed by atoms with van der Waals surface area (Å²) in [5, 5.41) is 13.7. The van der Waals surface area contributed by atoms with Crippen LogP contribution in [0.25, 0.3) is 0 Å². The number of anilines is 1. The summed E-state index contributed by atoms with van der Waals surface area (Å²) in [6, 6.07) is 11.6. The van der Waals surface area contributed by atoms with Gasteiger partial charge in [0.2, 0.25) is 0 Å². The number of carbonyl (C=O) groups excluding carboxylic acids is 1. The number of amides is 1. The van der Waals surface area contributed by atoms with Gasteiger partial charge in [0.15, 0.2) is 17.4 Å². The zero-order chi connectivity index (χ0) is 16.7. The fraction of sp³-hybridized carbons (Fsp3) is 0.250. The average molecular weight is 423 g/mol. The molecule has 0 aliphatic carbocycles. The topological polar surface area (TPSA) is 56.7 Å². The molecule has 0 fully saturated rings. The summed E-state index contributed by atoms with van der Waals surface area (Å²) in [7, 11) is 0. The molecule has 8 heteroatoms. The van der Waals surface area contributed by atoms with E-state index in [4.69, 9.17) is 5.10 Å². The smallest absolute Gasteiger partial charge is 0.255 e. The van der Waals surface area contributed by atoms with Gasteiger partial charge in [-0.15, -0.1) is 16.4 Å². The standard InChI is InChI=1S/C16H15BrN4OS2/c1-2-23-16-19-15(22)13-9-5-3-4-6-10(9)18-14(21(13)20-16)11-7-8-12(17)24-11/h3-8,13-14,18H,2H2,1H3,(H,19,20,22)/t13-,14+/m1/s1. The first kappa shape index (κ1) is 16.0. The fourth-order valence-corrected chi connectivity index (χ4v) is 5.00. The highest BCUT2D eigenvalue weighted by molar-refractivity contribution is 9.11. The number of hydrazone groups is 1. The van der Waals surface area contributed by atoms with Crippen molar-refractivity contribution >= 4 is 55.8 Å². The Morgan fingerprint density at radius 2 is 2.17 bits per heavy atom. The molecule has 0 spiro atoms. The number of hydrogen-bond donors (Lipinski definition) is 2. The number of carbonyl (C=O) groups is 1. The van der Waals surface area contributed by atoms with Crippen molar-refractivity contribution < 1.29 is 4.79 Å².